The van der Waals surface area contributed by atoms with E-state index in [4.69, 9.17) is 23.6 Å². The Kier molecular flexibility index (Phi) is 28.3. The van der Waals surface area contributed by atoms with Crippen molar-refractivity contribution in [1.29, 1.82) is 0 Å². The number of carbonyl (C=O) groups excluding carboxylic acids is 12. The molecule has 0 fully saturated rings. The third kappa shape index (κ3) is 22.5. The molecule has 26 nitrogen and oxygen atoms in total. The molecule has 0 aliphatic carbocycles. The van der Waals surface area contributed by atoms with E-state index in [1.54, 1.807) is 97.1 Å². The molecule has 0 spiro atoms. The third-order valence-electron chi connectivity index (χ3n) is 15.1. The van der Waals surface area contributed by atoms with E-state index in [2.05, 4.69) is 63.8 Å². The van der Waals surface area contributed by atoms with Crippen LogP contribution in [0.1, 0.15) is 96.9 Å². The van der Waals surface area contributed by atoms with Gasteiger partial charge in [0.25, 0.3) is 0 Å². The number of carboxylic acids is 1. The molecule has 0 radical (unpaired) electrons. The van der Waals surface area contributed by atoms with Crippen LogP contribution >= 0.6 is 12.1 Å². The van der Waals surface area contributed by atoms with Crippen LogP contribution in [0.25, 0.3) is 0 Å². The minimum Gasteiger partial charge on any atom is -0.480 e. The highest BCUT2D eigenvalue weighted by Gasteiger charge is 2.41. The summed E-state index contributed by atoms with van der Waals surface area (Å²) in [7, 11) is 0. The van der Waals surface area contributed by atoms with Crippen LogP contribution in [0.2, 0.25) is 0 Å². The molecule has 0 aliphatic heterocycles. The van der Waals surface area contributed by atoms with Crippen molar-refractivity contribution >= 4 is 134 Å². The lowest BCUT2D eigenvalue weighted by Gasteiger charge is -2.33. The number of hydrogen-bond acceptors (Lipinski definition) is 15. The van der Waals surface area contributed by atoms with Crippen LogP contribution in [0.15, 0.2) is 121 Å². The summed E-state index contributed by atoms with van der Waals surface area (Å²) in [5, 5.41) is 42.7. The second kappa shape index (κ2) is 34.1. The molecule has 0 bridgehead atoms. The molecule has 13 N–H and O–H groups in total. The highest BCUT2D eigenvalue weighted by atomic mass is 32.4. The van der Waals surface area contributed by atoms with Gasteiger partial charge in [0, 0.05) is 31.3 Å². The number of aliphatic carboxylic acids is 1. The van der Waals surface area contributed by atoms with E-state index in [1.807, 2.05) is 24.3 Å². The van der Waals surface area contributed by atoms with E-state index < -0.39 is 160 Å². The Morgan fingerprint density at radius 1 is 0.337 bits per heavy atom. The number of carboxylic acid groups (broad SMARTS) is 1. The Morgan fingerprint density at radius 2 is 0.568 bits per heavy atom. The van der Waals surface area contributed by atoms with E-state index >= 15 is 0 Å². The number of amides is 12. The predicted octanol–water partition coefficient (Wildman–Crippen LogP) is -0.461. The molecule has 514 valence electrons. The minimum absolute atomic E-state index is 0.159. The van der Waals surface area contributed by atoms with Gasteiger partial charge >= 0.3 is 5.97 Å². The standard InChI is InChI=1S/C65H88N12O14P2S2/c1-37(69-57(85)49(35-92(94,45-27-19-15-20-28-45)46-29-21-16-22-30-46)73-53(81)39(3)71-60(89)63(9,10)75-54(82)40(4)66-44(8)78)51(79)68-42(6)56(84)77-65(13,14)62(91)74-50(36-93(95,47-31-23-17-24-32-47)48-33-25-18-26-34-48)58(86)70-38(2)52(80)67-41(5)55(83)76-64(11,12)61(90)72-43(7)59(87)88/h15-34,37-43,49-50H,35-36H2,1-14H3,(H,66,78)(H,67,80)(H,68,79)(H,69,85)(H,70,86)(H,71,89)(H,72,90)(H,73,81)(H,74,91)(H,75,82)(H,76,83)(H,77,84)(H,87,88)/t37-,38-,39-,40-,41-,42-,43-,49+,50+/m0/s1. The lowest BCUT2D eigenvalue weighted by Crippen LogP contribution is -2.63. The van der Waals surface area contributed by atoms with Crippen molar-refractivity contribution < 1.29 is 67.4 Å². The second-order valence-electron chi connectivity index (χ2n) is 24.7. The zero-order valence-electron chi connectivity index (χ0n) is 55.6. The van der Waals surface area contributed by atoms with Gasteiger partial charge in [-0.3, -0.25) is 62.3 Å². The summed E-state index contributed by atoms with van der Waals surface area (Å²) in [4.78, 5) is 175. The molecule has 4 aromatic rings. The highest BCUT2D eigenvalue weighted by Crippen LogP contribution is 2.45. The molecule has 30 heteroatoms. The van der Waals surface area contributed by atoms with Crippen LogP contribution in [0, 0.1) is 0 Å². The van der Waals surface area contributed by atoms with Crippen molar-refractivity contribution in [3.63, 3.8) is 0 Å². The maximum atomic E-state index is 14.6. The van der Waals surface area contributed by atoms with E-state index in [0.717, 1.165) is 0 Å². The van der Waals surface area contributed by atoms with Crippen LogP contribution in [0.3, 0.4) is 0 Å². The van der Waals surface area contributed by atoms with Crippen molar-refractivity contribution in [2.75, 3.05) is 12.3 Å². The van der Waals surface area contributed by atoms with Crippen molar-refractivity contribution in [3.8, 4) is 0 Å². The van der Waals surface area contributed by atoms with Gasteiger partial charge in [0.1, 0.15) is 71.0 Å². The SMILES string of the molecule is CC(=O)N[C@@H](C)C(=O)NC(C)(C)C(=O)N[C@@H](C)C(=O)N[C@H](CP(=S)(c1ccccc1)c1ccccc1)C(=O)N[C@@H](C)C(=O)N[C@@H](C)C(=O)NC(C)(C)C(=O)N[C@H](CP(=S)(c1ccccc1)c1ccccc1)C(=O)N[C@@H](C)C(=O)N[C@@H](C)C(=O)NC(C)(C)C(=O)N[C@@H](C)C(=O)O. The van der Waals surface area contributed by atoms with E-state index in [9.17, 15) is 67.4 Å². The van der Waals surface area contributed by atoms with Crippen molar-refractivity contribution in [2.45, 2.75) is 168 Å². The molecule has 4 aromatic carbocycles. The van der Waals surface area contributed by atoms with Gasteiger partial charge in [0.15, 0.2) is 0 Å². The number of hydrogen-bond donors (Lipinski definition) is 13. The molecule has 12 amide bonds. The first-order chi connectivity index (χ1) is 44.1. The summed E-state index contributed by atoms with van der Waals surface area (Å²) in [5.74, 6) is -10.9. The lowest BCUT2D eigenvalue weighted by molar-refractivity contribution is -0.142. The molecular formula is C65H88N12O14P2S2. The predicted molar refractivity (Wildman–Crippen MR) is 370 cm³/mol. The second-order valence-corrected chi connectivity index (χ2v) is 34.2. The van der Waals surface area contributed by atoms with Crippen LogP contribution in [0.4, 0.5) is 0 Å². The molecule has 0 heterocycles. The largest absolute Gasteiger partial charge is 0.480 e. The summed E-state index contributed by atoms with van der Waals surface area (Å²) in [6, 6.07) is 17.9. The summed E-state index contributed by atoms with van der Waals surface area (Å²) in [6.45, 7) is 18.7. The number of nitrogens with one attached hydrogen (secondary N) is 12. The van der Waals surface area contributed by atoms with Gasteiger partial charge in [0.05, 0.1) is 0 Å². The normalized spacial score (nSPS) is 14.6. The average molecular weight is 1390 g/mol. The van der Waals surface area contributed by atoms with Gasteiger partial charge in [0.2, 0.25) is 70.9 Å². The summed E-state index contributed by atoms with van der Waals surface area (Å²) < 4.78 is 0. The first-order valence-corrected chi connectivity index (χ1v) is 36.4. The Hall–Kier alpha value is -8.71. The highest BCUT2D eigenvalue weighted by molar-refractivity contribution is 8.22. The molecule has 0 saturated heterocycles. The first kappa shape index (κ1) is 78.7. The fourth-order valence-corrected chi connectivity index (χ4v) is 17.1. The van der Waals surface area contributed by atoms with Crippen molar-refractivity contribution in [3.05, 3.63) is 121 Å². The van der Waals surface area contributed by atoms with Crippen LogP contribution < -0.4 is 85.0 Å². The monoisotopic (exact) mass is 1390 g/mol. The van der Waals surface area contributed by atoms with Gasteiger partial charge in [-0.05, 0) is 111 Å². The molecular weight excluding hydrogens is 1300 g/mol. The fourth-order valence-electron chi connectivity index (χ4n) is 9.17. The Morgan fingerprint density at radius 3 is 0.863 bits per heavy atom. The number of benzene rings is 4. The van der Waals surface area contributed by atoms with Gasteiger partial charge in [-0.15, -0.1) is 0 Å². The first-order valence-electron chi connectivity index (χ1n) is 30.5. The zero-order valence-corrected chi connectivity index (χ0v) is 59.0. The Balaban J connectivity index is 1.56. The number of rotatable bonds is 32. The van der Waals surface area contributed by atoms with Crippen molar-refractivity contribution in [1.82, 2.24) is 63.8 Å². The maximum Gasteiger partial charge on any atom is 0.325 e. The summed E-state index contributed by atoms with van der Waals surface area (Å²) >= 11 is 12.9. The molecule has 0 saturated carbocycles. The van der Waals surface area contributed by atoms with Gasteiger partial charge < -0.3 is 68.9 Å². The number of carbonyl (C=O) groups is 13. The Labute approximate surface area is 563 Å². The van der Waals surface area contributed by atoms with Crippen molar-refractivity contribution in [2.24, 2.45) is 0 Å². The molecule has 4 rings (SSSR count). The van der Waals surface area contributed by atoms with Crippen LogP contribution in [-0.2, 0) is 85.9 Å². The molecule has 95 heavy (non-hydrogen) atoms. The maximum absolute atomic E-state index is 14.6. The summed E-state index contributed by atoms with van der Waals surface area (Å²) in [5.41, 5.74) is -5.05. The minimum atomic E-state index is -3.03. The van der Waals surface area contributed by atoms with E-state index in [-0.39, 0.29) is 12.3 Å². The smallest absolute Gasteiger partial charge is 0.325 e. The summed E-state index contributed by atoms with van der Waals surface area (Å²) in [6.07, 6.45) is -0.345. The van der Waals surface area contributed by atoms with E-state index in [0.29, 0.717) is 21.2 Å². The zero-order chi connectivity index (χ0) is 71.6. The van der Waals surface area contributed by atoms with Crippen LogP contribution in [-0.4, -0.2) is 165 Å². The topological polar surface area (TPSA) is 386 Å². The van der Waals surface area contributed by atoms with Gasteiger partial charge in [-0.25, -0.2) is 0 Å². The third-order valence-corrected chi connectivity index (χ3v) is 24.8. The Bertz CT molecular complexity index is 3500. The molecule has 9 atom stereocenters. The lowest BCUT2D eigenvalue weighted by atomic mass is 10.0. The van der Waals surface area contributed by atoms with Crippen LogP contribution in [0.5, 0.6) is 0 Å². The van der Waals surface area contributed by atoms with Gasteiger partial charge in [-0.2, -0.15) is 0 Å². The average Bonchev–Trinajstić information content (AvgIpc) is 0.813. The van der Waals surface area contributed by atoms with Gasteiger partial charge in [-0.1, -0.05) is 145 Å². The molecule has 0 aromatic heterocycles. The quantitative estimate of drug-likeness (QED) is 0.0275. The fraction of sp³-hybridized carbons (Fsp3) is 0.431. The molecule has 0 unspecified atom stereocenters. The molecule has 0 aliphatic rings. The van der Waals surface area contributed by atoms with E-state index in [1.165, 1.54) is 96.9 Å².